The molecule has 0 unspecified atom stereocenters. The third-order valence-electron chi connectivity index (χ3n) is 2.58. The van der Waals surface area contributed by atoms with Gasteiger partial charge in [0.15, 0.2) is 0 Å². The lowest BCUT2D eigenvalue weighted by molar-refractivity contribution is 0.315. The van der Waals surface area contributed by atoms with Crippen LogP contribution in [0, 0.1) is 5.82 Å². The topological polar surface area (TPSA) is 21.3 Å². The quantitative estimate of drug-likeness (QED) is 0.793. The van der Waals surface area contributed by atoms with E-state index < -0.39 is 0 Å². The standard InChI is InChI=1S/C15H15ClFNO/c16-12-2-8-15(9-3-12)19-11-1-10-18-14-6-4-13(17)5-7-14/h2-9,18H,1,10-11H2. The van der Waals surface area contributed by atoms with Gasteiger partial charge in [-0.3, -0.25) is 0 Å². The molecule has 2 nitrogen and oxygen atoms in total. The normalized spacial score (nSPS) is 10.2. The highest BCUT2D eigenvalue weighted by molar-refractivity contribution is 6.30. The molecule has 0 saturated heterocycles. The summed E-state index contributed by atoms with van der Waals surface area (Å²) in [6.07, 6.45) is 0.861. The van der Waals surface area contributed by atoms with E-state index in [9.17, 15) is 4.39 Å². The van der Waals surface area contributed by atoms with Gasteiger partial charge in [-0.2, -0.15) is 0 Å². The zero-order chi connectivity index (χ0) is 13.5. The maximum Gasteiger partial charge on any atom is 0.123 e. The van der Waals surface area contributed by atoms with Crippen molar-refractivity contribution in [2.75, 3.05) is 18.5 Å². The van der Waals surface area contributed by atoms with Crippen LogP contribution in [-0.2, 0) is 0 Å². The predicted molar refractivity (Wildman–Crippen MR) is 76.5 cm³/mol. The molecule has 4 heteroatoms. The minimum Gasteiger partial charge on any atom is -0.494 e. The molecule has 0 amide bonds. The fourth-order valence-electron chi connectivity index (χ4n) is 1.59. The SMILES string of the molecule is Fc1ccc(NCCCOc2ccc(Cl)cc2)cc1. The van der Waals surface area contributed by atoms with E-state index in [1.54, 1.807) is 24.3 Å². The zero-order valence-electron chi connectivity index (χ0n) is 10.4. The van der Waals surface area contributed by atoms with E-state index >= 15 is 0 Å². The summed E-state index contributed by atoms with van der Waals surface area (Å²) in [5.41, 5.74) is 0.910. The number of rotatable bonds is 6. The van der Waals surface area contributed by atoms with Crippen molar-refractivity contribution in [3.05, 3.63) is 59.4 Å². The Balaban J connectivity index is 1.64. The smallest absolute Gasteiger partial charge is 0.123 e. The molecule has 19 heavy (non-hydrogen) atoms. The maximum absolute atomic E-state index is 12.7. The summed E-state index contributed by atoms with van der Waals surface area (Å²) in [5.74, 6) is 0.586. The second kappa shape index (κ2) is 7.00. The molecule has 0 aliphatic carbocycles. The van der Waals surface area contributed by atoms with Crippen LogP contribution < -0.4 is 10.1 Å². The molecular formula is C15H15ClFNO. The first-order valence-corrected chi connectivity index (χ1v) is 6.50. The predicted octanol–water partition coefficient (Wildman–Crippen LogP) is 4.36. The van der Waals surface area contributed by atoms with Gasteiger partial charge in [0.1, 0.15) is 11.6 Å². The molecule has 2 rings (SSSR count). The molecule has 0 aromatic heterocycles. The Hall–Kier alpha value is -1.74. The van der Waals surface area contributed by atoms with Gasteiger partial charge in [-0.05, 0) is 55.0 Å². The van der Waals surface area contributed by atoms with Crippen molar-refractivity contribution in [3.63, 3.8) is 0 Å². The molecule has 0 fully saturated rings. The minimum atomic E-state index is -0.225. The summed E-state index contributed by atoms with van der Waals surface area (Å²) in [6.45, 7) is 1.40. The molecule has 0 atom stereocenters. The molecule has 0 aliphatic heterocycles. The second-order valence-corrected chi connectivity index (χ2v) is 4.53. The van der Waals surface area contributed by atoms with Gasteiger partial charge in [0.25, 0.3) is 0 Å². The number of hydrogen-bond donors (Lipinski definition) is 1. The van der Waals surface area contributed by atoms with Gasteiger partial charge in [0.05, 0.1) is 6.61 Å². The summed E-state index contributed by atoms with van der Waals surface area (Å²) in [4.78, 5) is 0. The molecule has 100 valence electrons. The van der Waals surface area contributed by atoms with E-state index in [-0.39, 0.29) is 5.82 Å². The van der Waals surface area contributed by atoms with Crippen molar-refractivity contribution in [2.24, 2.45) is 0 Å². The lowest BCUT2D eigenvalue weighted by Gasteiger charge is -2.08. The third kappa shape index (κ3) is 4.79. The van der Waals surface area contributed by atoms with Crippen LogP contribution in [0.25, 0.3) is 0 Å². The van der Waals surface area contributed by atoms with Crippen LogP contribution in [0.2, 0.25) is 5.02 Å². The molecular weight excluding hydrogens is 265 g/mol. The van der Waals surface area contributed by atoms with Crippen LogP contribution >= 0.6 is 11.6 Å². The number of nitrogens with one attached hydrogen (secondary N) is 1. The number of anilines is 1. The van der Waals surface area contributed by atoms with Crippen molar-refractivity contribution in [1.29, 1.82) is 0 Å². The van der Waals surface area contributed by atoms with E-state index in [2.05, 4.69) is 5.32 Å². The maximum atomic E-state index is 12.7. The number of benzene rings is 2. The monoisotopic (exact) mass is 279 g/mol. The molecule has 2 aromatic carbocycles. The Morgan fingerprint density at radius 1 is 1.00 bits per heavy atom. The molecule has 0 bridgehead atoms. The van der Waals surface area contributed by atoms with Crippen molar-refractivity contribution < 1.29 is 9.13 Å². The van der Waals surface area contributed by atoms with E-state index in [1.165, 1.54) is 12.1 Å². The Kier molecular flexibility index (Phi) is 5.04. The van der Waals surface area contributed by atoms with E-state index in [0.717, 1.165) is 24.4 Å². The minimum absolute atomic E-state index is 0.225. The van der Waals surface area contributed by atoms with Crippen LogP contribution in [-0.4, -0.2) is 13.2 Å². The van der Waals surface area contributed by atoms with Crippen molar-refractivity contribution >= 4 is 17.3 Å². The molecule has 0 radical (unpaired) electrons. The Morgan fingerprint density at radius 3 is 2.37 bits per heavy atom. The molecule has 0 saturated carbocycles. The van der Waals surface area contributed by atoms with Gasteiger partial charge in [0, 0.05) is 17.3 Å². The summed E-state index contributed by atoms with van der Waals surface area (Å²) in [5, 5.41) is 3.90. The Morgan fingerprint density at radius 2 is 1.68 bits per heavy atom. The highest BCUT2D eigenvalue weighted by atomic mass is 35.5. The van der Waals surface area contributed by atoms with Gasteiger partial charge in [-0.15, -0.1) is 0 Å². The largest absolute Gasteiger partial charge is 0.494 e. The first-order valence-electron chi connectivity index (χ1n) is 6.12. The first-order chi connectivity index (χ1) is 9.24. The molecule has 0 spiro atoms. The molecule has 0 heterocycles. The summed E-state index contributed by atoms with van der Waals surface area (Å²) in [6, 6.07) is 13.6. The lowest BCUT2D eigenvalue weighted by Crippen LogP contribution is -2.07. The Bertz CT molecular complexity index is 451. The van der Waals surface area contributed by atoms with Crippen LogP contribution in [0.3, 0.4) is 0 Å². The van der Waals surface area contributed by atoms with E-state index in [0.29, 0.717) is 11.6 Å². The highest BCUT2D eigenvalue weighted by Crippen LogP contribution is 2.15. The number of halogens is 2. The fourth-order valence-corrected chi connectivity index (χ4v) is 1.72. The van der Waals surface area contributed by atoms with E-state index in [1.807, 2.05) is 12.1 Å². The first kappa shape index (κ1) is 13.7. The van der Waals surface area contributed by atoms with Crippen molar-refractivity contribution in [2.45, 2.75) is 6.42 Å². The highest BCUT2D eigenvalue weighted by Gasteiger charge is 1.95. The van der Waals surface area contributed by atoms with Gasteiger partial charge in [-0.25, -0.2) is 4.39 Å². The van der Waals surface area contributed by atoms with Gasteiger partial charge in [0.2, 0.25) is 0 Å². The van der Waals surface area contributed by atoms with Crippen molar-refractivity contribution in [3.8, 4) is 5.75 Å². The fraction of sp³-hybridized carbons (Fsp3) is 0.200. The average Bonchev–Trinajstić information content (AvgIpc) is 2.43. The zero-order valence-corrected chi connectivity index (χ0v) is 11.2. The average molecular weight is 280 g/mol. The summed E-state index contributed by atoms with van der Waals surface area (Å²) >= 11 is 5.78. The second-order valence-electron chi connectivity index (χ2n) is 4.09. The van der Waals surface area contributed by atoms with Gasteiger partial charge in [-0.1, -0.05) is 11.6 Å². The van der Waals surface area contributed by atoms with Gasteiger partial charge < -0.3 is 10.1 Å². The van der Waals surface area contributed by atoms with Crippen LogP contribution in [0.1, 0.15) is 6.42 Å². The lowest BCUT2D eigenvalue weighted by atomic mass is 10.3. The summed E-state index contributed by atoms with van der Waals surface area (Å²) < 4.78 is 18.2. The molecule has 0 aliphatic rings. The van der Waals surface area contributed by atoms with Crippen LogP contribution in [0.4, 0.5) is 10.1 Å². The Labute approximate surface area is 117 Å². The third-order valence-corrected chi connectivity index (χ3v) is 2.83. The summed E-state index contributed by atoms with van der Waals surface area (Å²) in [7, 11) is 0. The van der Waals surface area contributed by atoms with Gasteiger partial charge >= 0.3 is 0 Å². The van der Waals surface area contributed by atoms with E-state index in [4.69, 9.17) is 16.3 Å². The number of hydrogen-bond acceptors (Lipinski definition) is 2. The number of ether oxygens (including phenoxy) is 1. The van der Waals surface area contributed by atoms with Crippen LogP contribution in [0.5, 0.6) is 5.75 Å². The van der Waals surface area contributed by atoms with Crippen LogP contribution in [0.15, 0.2) is 48.5 Å². The molecule has 1 N–H and O–H groups in total. The van der Waals surface area contributed by atoms with Crippen molar-refractivity contribution in [1.82, 2.24) is 0 Å². The molecule has 2 aromatic rings.